The van der Waals surface area contributed by atoms with Gasteiger partial charge in [0.1, 0.15) is 11.5 Å². The summed E-state index contributed by atoms with van der Waals surface area (Å²) in [7, 11) is -3.88. The third-order valence-corrected chi connectivity index (χ3v) is 5.19. The van der Waals surface area contributed by atoms with Crippen molar-refractivity contribution in [3.63, 3.8) is 0 Å². The zero-order valence-electron chi connectivity index (χ0n) is 12.8. The molecule has 3 aromatic rings. The van der Waals surface area contributed by atoms with Gasteiger partial charge in [0.2, 0.25) is 5.82 Å². The van der Waals surface area contributed by atoms with E-state index in [9.17, 15) is 12.8 Å². The summed E-state index contributed by atoms with van der Waals surface area (Å²) in [5, 5.41) is 7.36. The van der Waals surface area contributed by atoms with Gasteiger partial charge in [0.25, 0.3) is 10.0 Å². The van der Waals surface area contributed by atoms with Gasteiger partial charge in [0.15, 0.2) is 0 Å². The number of halogens is 1. The average Bonchev–Trinajstić information content (AvgIpc) is 3.00. The number of sulfonamides is 1. The Labute approximate surface area is 138 Å². The van der Waals surface area contributed by atoms with Crippen LogP contribution in [0.25, 0.3) is 0 Å². The summed E-state index contributed by atoms with van der Waals surface area (Å²) in [6.07, 6.45) is 0. The molecule has 0 radical (unpaired) electrons. The largest absolute Gasteiger partial charge is 0.265 e. The summed E-state index contributed by atoms with van der Waals surface area (Å²) in [6.45, 7) is 1.58. The molecule has 0 fully saturated rings. The summed E-state index contributed by atoms with van der Waals surface area (Å²) in [5.41, 5.74) is 0.954. The number of aryl methyl sites for hydroxylation is 1. The second-order valence-corrected chi connectivity index (χ2v) is 6.99. The molecule has 124 valence electrons. The number of hydrogen-bond acceptors (Lipinski definition) is 5. The summed E-state index contributed by atoms with van der Waals surface area (Å²) < 4.78 is 44.8. The lowest BCUT2D eigenvalue weighted by atomic mass is 10.2. The Morgan fingerprint density at radius 3 is 2.29 bits per heavy atom. The van der Waals surface area contributed by atoms with E-state index in [1.165, 1.54) is 36.4 Å². The molecule has 0 N–H and O–H groups in total. The Bertz CT molecular complexity index is 925. The van der Waals surface area contributed by atoms with Crippen LogP contribution in [0.15, 0.2) is 64.1 Å². The van der Waals surface area contributed by atoms with Crippen molar-refractivity contribution >= 4 is 15.8 Å². The van der Waals surface area contributed by atoms with E-state index in [4.69, 9.17) is 0 Å². The van der Waals surface area contributed by atoms with E-state index >= 15 is 0 Å². The minimum atomic E-state index is -3.88. The molecule has 1 aromatic heterocycles. The summed E-state index contributed by atoms with van der Waals surface area (Å²) in [6, 6.07) is 13.6. The van der Waals surface area contributed by atoms with Crippen molar-refractivity contribution in [3.05, 3.63) is 71.7 Å². The van der Waals surface area contributed by atoms with Gasteiger partial charge in [-0.15, -0.1) is 0 Å². The van der Waals surface area contributed by atoms with E-state index in [0.29, 0.717) is 11.3 Å². The highest BCUT2D eigenvalue weighted by Gasteiger charge is 2.29. The average molecular weight is 347 g/mol. The van der Waals surface area contributed by atoms with Crippen LogP contribution in [-0.2, 0) is 16.6 Å². The maximum atomic E-state index is 13.1. The van der Waals surface area contributed by atoms with Crippen molar-refractivity contribution < 1.29 is 17.4 Å². The molecule has 0 amide bonds. The Morgan fingerprint density at radius 2 is 1.71 bits per heavy atom. The highest BCUT2D eigenvalue weighted by molar-refractivity contribution is 7.92. The van der Waals surface area contributed by atoms with Crippen molar-refractivity contribution in [1.29, 1.82) is 0 Å². The number of aromatic nitrogens is 2. The molecule has 0 saturated carbocycles. The minimum Gasteiger partial charge on any atom is -0.242 e. The Morgan fingerprint density at radius 1 is 1.04 bits per heavy atom. The molecule has 0 aliphatic rings. The van der Waals surface area contributed by atoms with E-state index in [2.05, 4.69) is 14.9 Å². The van der Waals surface area contributed by atoms with Crippen LogP contribution in [0.1, 0.15) is 11.3 Å². The molecule has 6 nitrogen and oxygen atoms in total. The van der Waals surface area contributed by atoms with E-state index in [-0.39, 0.29) is 17.3 Å². The van der Waals surface area contributed by atoms with Crippen LogP contribution in [0.5, 0.6) is 0 Å². The van der Waals surface area contributed by atoms with Gasteiger partial charge in [-0.3, -0.25) is 0 Å². The SMILES string of the molecule is Cc1nonc1N(Cc1ccc(F)cc1)S(=O)(=O)c1ccccc1. The molecule has 0 atom stereocenters. The van der Waals surface area contributed by atoms with Gasteiger partial charge in [-0.25, -0.2) is 21.7 Å². The Hall–Kier alpha value is -2.74. The summed E-state index contributed by atoms with van der Waals surface area (Å²) in [4.78, 5) is 0.120. The van der Waals surface area contributed by atoms with Crippen molar-refractivity contribution in [2.45, 2.75) is 18.4 Å². The molecule has 2 aromatic carbocycles. The predicted molar refractivity (Wildman–Crippen MR) is 85.2 cm³/mol. The van der Waals surface area contributed by atoms with Gasteiger partial charge in [0.05, 0.1) is 11.4 Å². The molecule has 0 bridgehead atoms. The van der Waals surface area contributed by atoms with Crippen LogP contribution in [0.2, 0.25) is 0 Å². The van der Waals surface area contributed by atoms with Crippen LogP contribution in [-0.4, -0.2) is 18.7 Å². The van der Waals surface area contributed by atoms with Crippen LogP contribution in [0, 0.1) is 12.7 Å². The van der Waals surface area contributed by atoms with Crippen LogP contribution >= 0.6 is 0 Å². The highest BCUT2D eigenvalue weighted by atomic mass is 32.2. The first-order valence-electron chi connectivity index (χ1n) is 7.10. The lowest BCUT2D eigenvalue weighted by Crippen LogP contribution is -2.31. The molecule has 0 aliphatic carbocycles. The quantitative estimate of drug-likeness (QED) is 0.709. The molecule has 3 rings (SSSR count). The van der Waals surface area contributed by atoms with E-state index in [0.717, 1.165) is 4.31 Å². The lowest BCUT2D eigenvalue weighted by molar-refractivity contribution is 0.305. The number of nitrogens with zero attached hydrogens (tertiary/aromatic N) is 3. The van der Waals surface area contributed by atoms with Crippen LogP contribution in [0.4, 0.5) is 10.2 Å². The molecule has 1 heterocycles. The molecule has 0 unspecified atom stereocenters. The Balaban J connectivity index is 2.06. The van der Waals surface area contributed by atoms with Crippen molar-refractivity contribution in [1.82, 2.24) is 10.3 Å². The molecule has 0 spiro atoms. The summed E-state index contributed by atoms with van der Waals surface area (Å²) >= 11 is 0. The molecule has 0 saturated heterocycles. The fourth-order valence-electron chi connectivity index (χ4n) is 2.20. The first-order valence-corrected chi connectivity index (χ1v) is 8.54. The standard InChI is InChI=1S/C16H14FN3O3S/c1-12-16(19-23-18-12)20(11-13-7-9-14(17)10-8-13)24(21,22)15-5-3-2-4-6-15/h2-10H,11H2,1H3. The fourth-order valence-corrected chi connectivity index (χ4v) is 3.67. The zero-order valence-corrected chi connectivity index (χ0v) is 13.6. The van der Waals surface area contributed by atoms with E-state index in [1.807, 2.05) is 0 Å². The lowest BCUT2D eigenvalue weighted by Gasteiger charge is -2.22. The Kier molecular flexibility index (Phi) is 4.30. The molecular formula is C16H14FN3O3S. The second-order valence-electron chi connectivity index (χ2n) is 5.12. The van der Waals surface area contributed by atoms with Crippen molar-refractivity contribution in [3.8, 4) is 0 Å². The first-order chi connectivity index (χ1) is 11.5. The third kappa shape index (κ3) is 3.13. The van der Waals surface area contributed by atoms with Crippen molar-refractivity contribution in [2.24, 2.45) is 0 Å². The smallest absolute Gasteiger partial charge is 0.242 e. The molecule has 8 heteroatoms. The maximum Gasteiger partial charge on any atom is 0.265 e. The fraction of sp³-hybridized carbons (Fsp3) is 0.125. The van der Waals surface area contributed by atoms with Gasteiger partial charge in [-0.05, 0) is 41.9 Å². The third-order valence-electron chi connectivity index (χ3n) is 3.44. The van der Waals surface area contributed by atoms with Gasteiger partial charge in [-0.1, -0.05) is 35.5 Å². The van der Waals surface area contributed by atoms with Gasteiger partial charge in [-0.2, -0.15) is 0 Å². The second kappa shape index (κ2) is 6.40. The van der Waals surface area contributed by atoms with E-state index in [1.54, 1.807) is 25.1 Å². The number of rotatable bonds is 5. The van der Waals surface area contributed by atoms with Crippen molar-refractivity contribution in [2.75, 3.05) is 4.31 Å². The van der Waals surface area contributed by atoms with Crippen LogP contribution < -0.4 is 4.31 Å². The number of benzene rings is 2. The zero-order chi connectivity index (χ0) is 17.2. The molecule has 0 aliphatic heterocycles. The topological polar surface area (TPSA) is 76.3 Å². The molecular weight excluding hydrogens is 333 g/mol. The normalized spacial score (nSPS) is 11.4. The number of hydrogen-bond donors (Lipinski definition) is 0. The highest BCUT2D eigenvalue weighted by Crippen LogP contribution is 2.26. The van der Waals surface area contributed by atoms with Gasteiger partial charge < -0.3 is 0 Å². The van der Waals surface area contributed by atoms with Gasteiger partial charge >= 0.3 is 0 Å². The minimum absolute atomic E-state index is 0.0213. The maximum absolute atomic E-state index is 13.1. The molecule has 24 heavy (non-hydrogen) atoms. The number of anilines is 1. The van der Waals surface area contributed by atoms with Gasteiger partial charge in [0, 0.05) is 0 Å². The van der Waals surface area contributed by atoms with Crippen LogP contribution in [0.3, 0.4) is 0 Å². The van der Waals surface area contributed by atoms with E-state index < -0.39 is 15.8 Å². The summed E-state index contributed by atoms with van der Waals surface area (Å²) in [5.74, 6) is -0.293. The predicted octanol–water partition coefficient (Wildman–Crippen LogP) is 2.91. The monoisotopic (exact) mass is 347 g/mol. The first kappa shape index (κ1) is 16.1.